The van der Waals surface area contributed by atoms with Gasteiger partial charge in [0.2, 0.25) is 0 Å². The predicted molar refractivity (Wildman–Crippen MR) is 124 cm³/mol. The van der Waals surface area contributed by atoms with E-state index in [0.29, 0.717) is 23.8 Å². The number of thiazole rings is 1. The van der Waals surface area contributed by atoms with E-state index in [1.165, 1.54) is 22.5 Å². The molecule has 0 saturated carbocycles. The molecule has 6 nitrogen and oxygen atoms in total. The van der Waals surface area contributed by atoms with Crippen molar-refractivity contribution in [2.45, 2.75) is 0 Å². The van der Waals surface area contributed by atoms with E-state index in [2.05, 4.69) is 63.4 Å². The zero-order chi connectivity index (χ0) is 21.4. The Hall–Kier alpha value is -3.63. The number of terminal acetylenes is 1. The number of carbonyl (C=O) groups excluding carboxylic acids is 1. The number of nitrogens with zero attached hydrogens (tertiary/aromatic N) is 5. The molecule has 0 atom stereocenters. The summed E-state index contributed by atoms with van der Waals surface area (Å²) in [7, 11) is 1.96. The van der Waals surface area contributed by atoms with Crippen LogP contribution in [0.3, 0.4) is 0 Å². The summed E-state index contributed by atoms with van der Waals surface area (Å²) in [6.45, 7) is 2.90. The third-order valence-corrected chi connectivity index (χ3v) is 6.52. The Balaban J connectivity index is 1.28. The molecule has 1 aliphatic heterocycles. The quantitative estimate of drug-likeness (QED) is 0.469. The summed E-state index contributed by atoms with van der Waals surface area (Å²) in [5.41, 5.74) is 5.08. The minimum absolute atomic E-state index is 0.0442. The van der Waals surface area contributed by atoms with Gasteiger partial charge < -0.3 is 9.80 Å². The first-order chi connectivity index (χ1) is 15.1. The molecule has 7 heteroatoms. The van der Waals surface area contributed by atoms with Crippen molar-refractivity contribution in [1.29, 1.82) is 0 Å². The number of benzene rings is 2. The van der Waals surface area contributed by atoms with E-state index in [0.717, 1.165) is 29.7 Å². The van der Waals surface area contributed by atoms with Crippen LogP contribution in [0, 0.1) is 12.3 Å². The first-order valence-electron chi connectivity index (χ1n) is 10.1. The lowest BCUT2D eigenvalue weighted by Crippen LogP contribution is -2.48. The number of rotatable bonds is 3. The van der Waals surface area contributed by atoms with Crippen LogP contribution in [0.2, 0.25) is 0 Å². The van der Waals surface area contributed by atoms with Gasteiger partial charge in [-0.1, -0.05) is 24.3 Å². The van der Waals surface area contributed by atoms with E-state index < -0.39 is 0 Å². The Labute approximate surface area is 184 Å². The highest BCUT2D eigenvalue weighted by Gasteiger charge is 2.24. The van der Waals surface area contributed by atoms with Gasteiger partial charge in [-0.15, -0.1) is 17.8 Å². The van der Waals surface area contributed by atoms with Crippen LogP contribution in [0.15, 0.2) is 54.0 Å². The maximum Gasteiger partial charge on any atom is 0.273 e. The fraction of sp³-hybridized carbons (Fsp3) is 0.208. The van der Waals surface area contributed by atoms with E-state index >= 15 is 0 Å². The van der Waals surface area contributed by atoms with Gasteiger partial charge in [-0.05, 0) is 35.2 Å². The van der Waals surface area contributed by atoms with Crippen LogP contribution in [0.5, 0.6) is 0 Å². The first kappa shape index (κ1) is 19.3. The summed E-state index contributed by atoms with van der Waals surface area (Å²) < 4.78 is 1.90. The molecular formula is C24H21N5OS. The van der Waals surface area contributed by atoms with Crippen molar-refractivity contribution in [1.82, 2.24) is 19.7 Å². The topological polar surface area (TPSA) is 54.3 Å². The van der Waals surface area contributed by atoms with Crippen LogP contribution in [-0.2, 0) is 7.05 Å². The van der Waals surface area contributed by atoms with Crippen molar-refractivity contribution in [3.8, 4) is 23.5 Å². The van der Waals surface area contributed by atoms with E-state index in [1.54, 1.807) is 5.38 Å². The van der Waals surface area contributed by atoms with Gasteiger partial charge in [0, 0.05) is 49.7 Å². The maximum atomic E-state index is 12.7. The molecular weight excluding hydrogens is 406 g/mol. The minimum Gasteiger partial charge on any atom is -0.368 e. The molecule has 0 N–H and O–H groups in total. The second-order valence-electron chi connectivity index (χ2n) is 7.51. The number of piperazine rings is 1. The van der Waals surface area contributed by atoms with Crippen LogP contribution >= 0.6 is 11.3 Å². The Morgan fingerprint density at radius 3 is 2.58 bits per heavy atom. The van der Waals surface area contributed by atoms with Gasteiger partial charge in [0.15, 0.2) is 5.01 Å². The molecule has 0 radical (unpaired) electrons. The largest absolute Gasteiger partial charge is 0.368 e. The van der Waals surface area contributed by atoms with Crippen molar-refractivity contribution in [3.05, 3.63) is 64.7 Å². The molecule has 0 bridgehead atoms. The minimum atomic E-state index is -0.0442. The normalized spacial score (nSPS) is 14.1. The maximum absolute atomic E-state index is 12.7. The third-order valence-electron chi connectivity index (χ3n) is 5.75. The summed E-state index contributed by atoms with van der Waals surface area (Å²) in [6.07, 6.45) is 7.28. The lowest BCUT2D eigenvalue weighted by Gasteiger charge is -2.36. The molecule has 1 amide bonds. The van der Waals surface area contributed by atoms with Crippen LogP contribution in [0.4, 0.5) is 5.69 Å². The first-order valence-corrected chi connectivity index (χ1v) is 11.0. The van der Waals surface area contributed by atoms with Gasteiger partial charge in [-0.25, -0.2) is 4.98 Å². The molecule has 0 spiro atoms. The van der Waals surface area contributed by atoms with Crippen molar-refractivity contribution in [3.63, 3.8) is 0 Å². The number of hydrogen-bond donors (Lipinski definition) is 0. The number of carbonyl (C=O) groups is 1. The summed E-state index contributed by atoms with van der Waals surface area (Å²) in [5, 5.41) is 7.82. The third kappa shape index (κ3) is 3.56. The summed E-state index contributed by atoms with van der Waals surface area (Å²) in [4.78, 5) is 21.0. The molecule has 1 saturated heterocycles. The second-order valence-corrected chi connectivity index (χ2v) is 8.37. The number of aromatic nitrogens is 3. The molecule has 0 aliphatic carbocycles. The summed E-state index contributed by atoms with van der Waals surface area (Å²) in [5.74, 6) is 2.44. The molecule has 0 unspecified atom stereocenters. The van der Waals surface area contributed by atoms with Crippen LogP contribution in [0.25, 0.3) is 22.0 Å². The summed E-state index contributed by atoms with van der Waals surface area (Å²) in [6, 6.07) is 14.9. The van der Waals surface area contributed by atoms with Crippen LogP contribution in [0.1, 0.15) is 15.5 Å². The number of anilines is 1. The van der Waals surface area contributed by atoms with Crippen molar-refractivity contribution >= 4 is 33.8 Å². The smallest absolute Gasteiger partial charge is 0.273 e. The number of aryl methyl sites for hydroxylation is 1. The molecule has 2 aromatic heterocycles. The highest BCUT2D eigenvalue weighted by molar-refractivity contribution is 7.10. The second kappa shape index (κ2) is 7.89. The van der Waals surface area contributed by atoms with E-state index in [1.807, 2.05) is 22.8 Å². The number of hydrogen-bond acceptors (Lipinski definition) is 5. The molecule has 1 aliphatic rings. The van der Waals surface area contributed by atoms with Gasteiger partial charge in [0.05, 0.1) is 11.7 Å². The van der Waals surface area contributed by atoms with E-state index in [-0.39, 0.29) is 5.91 Å². The molecule has 1 fully saturated rings. The van der Waals surface area contributed by atoms with Crippen molar-refractivity contribution < 1.29 is 4.79 Å². The Bertz CT molecular complexity index is 1290. The SMILES string of the molecule is C#Cc1nc(C(=O)N2CCN(c3ccc(-c4cccc5c4cnn5C)cc3)CC2)cs1. The highest BCUT2D eigenvalue weighted by atomic mass is 32.1. The predicted octanol–water partition coefficient (Wildman–Crippen LogP) is 3.64. The Morgan fingerprint density at radius 1 is 1.10 bits per heavy atom. The fourth-order valence-corrected chi connectivity index (χ4v) is 4.64. The van der Waals surface area contributed by atoms with Crippen molar-refractivity contribution in [2.75, 3.05) is 31.1 Å². The average Bonchev–Trinajstić information content (AvgIpc) is 3.46. The lowest BCUT2D eigenvalue weighted by molar-refractivity contribution is 0.0741. The van der Waals surface area contributed by atoms with Gasteiger partial charge in [0.1, 0.15) is 5.69 Å². The molecule has 2 aromatic carbocycles. The molecule has 4 aromatic rings. The monoisotopic (exact) mass is 427 g/mol. The van der Waals surface area contributed by atoms with Crippen LogP contribution in [-0.4, -0.2) is 51.8 Å². The zero-order valence-electron chi connectivity index (χ0n) is 17.2. The Kier molecular flexibility index (Phi) is 4.92. The Morgan fingerprint density at radius 2 is 1.87 bits per heavy atom. The van der Waals surface area contributed by atoms with Gasteiger partial charge in [-0.2, -0.15) is 5.10 Å². The standard InChI is InChI=1S/C24H21N5OS/c1-3-23-26-21(16-31-23)24(30)29-13-11-28(12-14-29)18-9-7-17(8-10-18)19-5-4-6-22-20(19)15-25-27(22)2/h1,4-10,15-16H,11-14H2,2H3. The van der Waals surface area contributed by atoms with E-state index in [9.17, 15) is 4.79 Å². The molecule has 31 heavy (non-hydrogen) atoms. The molecule has 154 valence electrons. The van der Waals surface area contributed by atoms with Crippen molar-refractivity contribution in [2.24, 2.45) is 7.05 Å². The van der Waals surface area contributed by atoms with Gasteiger partial charge in [-0.3, -0.25) is 9.48 Å². The van der Waals surface area contributed by atoms with Gasteiger partial charge >= 0.3 is 0 Å². The van der Waals surface area contributed by atoms with Crippen LogP contribution < -0.4 is 4.90 Å². The van der Waals surface area contributed by atoms with Gasteiger partial charge in [0.25, 0.3) is 5.91 Å². The number of fused-ring (bicyclic) bond motifs is 1. The summed E-state index contributed by atoms with van der Waals surface area (Å²) >= 11 is 1.33. The molecule has 3 heterocycles. The zero-order valence-corrected chi connectivity index (χ0v) is 18.0. The fourth-order valence-electron chi connectivity index (χ4n) is 4.05. The number of amides is 1. The molecule has 5 rings (SSSR count). The van der Waals surface area contributed by atoms with E-state index in [4.69, 9.17) is 6.42 Å². The lowest BCUT2D eigenvalue weighted by atomic mass is 10.0. The average molecular weight is 428 g/mol. The highest BCUT2D eigenvalue weighted by Crippen LogP contribution is 2.30.